The van der Waals surface area contributed by atoms with Gasteiger partial charge in [0, 0.05) is 5.69 Å². The van der Waals surface area contributed by atoms with Gasteiger partial charge in [-0.25, -0.2) is 8.42 Å². The number of nitrogens with zero attached hydrogens (tertiary/aromatic N) is 1. The molecule has 0 fully saturated rings. The second-order valence-electron chi connectivity index (χ2n) is 4.34. The number of hydrogen-bond acceptors (Lipinski definition) is 5. The van der Waals surface area contributed by atoms with Crippen LogP contribution in [0.15, 0.2) is 17.0 Å². The highest BCUT2D eigenvalue weighted by atomic mass is 35.5. The smallest absolute Gasteiger partial charge is 0.245 e. The number of benzene rings is 1. The molecule has 1 aromatic carbocycles. The molecule has 0 aromatic heterocycles. The molecule has 10 heteroatoms. The molecule has 0 saturated carbocycles. The number of amides is 2. The van der Waals surface area contributed by atoms with Crippen molar-refractivity contribution in [3.05, 3.63) is 22.7 Å². The summed E-state index contributed by atoms with van der Waals surface area (Å²) >= 11 is 5.91. The lowest BCUT2D eigenvalue weighted by Gasteiger charge is -2.20. The zero-order chi connectivity index (χ0) is 16.4. The normalized spacial score (nSPS) is 11.6. The third-order valence-electron chi connectivity index (χ3n) is 2.60. The number of halogens is 1. The molecule has 0 bridgehead atoms. The predicted molar refractivity (Wildman–Crippen MR) is 77.7 cm³/mol. The van der Waals surface area contributed by atoms with Crippen LogP contribution in [0.25, 0.3) is 0 Å². The third-order valence-corrected chi connectivity index (χ3v) is 4.86. The maximum Gasteiger partial charge on any atom is 0.245 e. The van der Waals surface area contributed by atoms with Crippen molar-refractivity contribution in [2.24, 2.45) is 11.5 Å². The average molecular weight is 335 g/mol. The van der Waals surface area contributed by atoms with E-state index in [2.05, 4.69) is 0 Å². The Bertz CT molecular complexity index is 674. The molecule has 2 amide bonds. The molecular weight excluding hydrogens is 320 g/mol. The van der Waals surface area contributed by atoms with E-state index in [1.54, 1.807) is 6.92 Å². The van der Waals surface area contributed by atoms with E-state index in [0.717, 1.165) is 6.07 Å². The Hall–Kier alpha value is -1.84. The van der Waals surface area contributed by atoms with Gasteiger partial charge in [-0.1, -0.05) is 11.6 Å². The largest absolute Gasteiger partial charge is 0.398 e. The summed E-state index contributed by atoms with van der Waals surface area (Å²) in [6, 6.07) is 2.53. The summed E-state index contributed by atoms with van der Waals surface area (Å²) in [5, 5.41) is -0.0827. The van der Waals surface area contributed by atoms with Crippen LogP contribution in [0.1, 0.15) is 5.56 Å². The van der Waals surface area contributed by atoms with Crippen LogP contribution in [0, 0.1) is 6.92 Å². The second kappa shape index (κ2) is 6.29. The van der Waals surface area contributed by atoms with E-state index in [9.17, 15) is 18.0 Å². The van der Waals surface area contributed by atoms with E-state index in [4.69, 9.17) is 28.8 Å². The molecule has 0 heterocycles. The molecule has 0 spiro atoms. The highest BCUT2D eigenvalue weighted by Gasteiger charge is 2.29. The number of rotatable bonds is 6. The van der Waals surface area contributed by atoms with Gasteiger partial charge in [-0.15, -0.1) is 0 Å². The van der Waals surface area contributed by atoms with Crippen LogP contribution in [0.3, 0.4) is 0 Å². The Morgan fingerprint density at radius 3 is 2.10 bits per heavy atom. The highest BCUT2D eigenvalue weighted by Crippen LogP contribution is 2.29. The molecule has 0 aliphatic carbocycles. The molecule has 21 heavy (non-hydrogen) atoms. The van der Waals surface area contributed by atoms with Crippen LogP contribution in [0.5, 0.6) is 0 Å². The number of carbonyl (C=O) groups is 2. The van der Waals surface area contributed by atoms with Gasteiger partial charge in [0.1, 0.15) is 4.90 Å². The minimum atomic E-state index is -4.24. The van der Waals surface area contributed by atoms with Gasteiger partial charge in [-0.3, -0.25) is 9.59 Å². The van der Waals surface area contributed by atoms with E-state index in [0.29, 0.717) is 9.87 Å². The zero-order valence-corrected chi connectivity index (χ0v) is 12.7. The molecule has 1 aromatic rings. The summed E-state index contributed by atoms with van der Waals surface area (Å²) in [4.78, 5) is 21.6. The Kier molecular flexibility index (Phi) is 5.15. The lowest BCUT2D eigenvalue weighted by molar-refractivity contribution is -0.120. The maximum absolute atomic E-state index is 12.5. The number of hydrogen-bond donors (Lipinski definition) is 3. The van der Waals surface area contributed by atoms with Gasteiger partial charge in [0.2, 0.25) is 21.8 Å². The predicted octanol–water partition coefficient (Wildman–Crippen LogP) is -0.808. The van der Waals surface area contributed by atoms with Crippen LogP contribution >= 0.6 is 11.6 Å². The van der Waals surface area contributed by atoms with Crippen LogP contribution in [0.2, 0.25) is 5.02 Å². The van der Waals surface area contributed by atoms with Crippen molar-refractivity contribution in [3.63, 3.8) is 0 Å². The van der Waals surface area contributed by atoms with Crippen LogP contribution in [-0.4, -0.2) is 37.6 Å². The van der Waals surface area contributed by atoms with Gasteiger partial charge < -0.3 is 17.2 Å². The molecule has 0 aliphatic rings. The minimum absolute atomic E-state index is 0.0827. The Morgan fingerprint density at radius 1 is 1.19 bits per heavy atom. The van der Waals surface area contributed by atoms with Crippen LogP contribution in [-0.2, 0) is 19.6 Å². The van der Waals surface area contributed by atoms with E-state index in [1.165, 1.54) is 6.07 Å². The summed E-state index contributed by atoms with van der Waals surface area (Å²) in [5.41, 5.74) is 16.4. The zero-order valence-electron chi connectivity index (χ0n) is 11.2. The van der Waals surface area contributed by atoms with Crippen molar-refractivity contribution in [2.75, 3.05) is 18.8 Å². The minimum Gasteiger partial charge on any atom is -0.398 e. The van der Waals surface area contributed by atoms with Crippen molar-refractivity contribution in [2.45, 2.75) is 11.8 Å². The number of sulfonamides is 1. The van der Waals surface area contributed by atoms with Gasteiger partial charge in [0.05, 0.1) is 18.1 Å². The average Bonchev–Trinajstić information content (AvgIpc) is 2.31. The highest BCUT2D eigenvalue weighted by molar-refractivity contribution is 7.89. The Balaban J connectivity index is 3.38. The van der Waals surface area contributed by atoms with Crippen molar-refractivity contribution < 1.29 is 18.0 Å². The van der Waals surface area contributed by atoms with Crippen LogP contribution < -0.4 is 17.2 Å². The molecule has 0 saturated heterocycles. The molecule has 116 valence electrons. The fourth-order valence-corrected chi connectivity index (χ4v) is 3.54. The van der Waals surface area contributed by atoms with Crippen molar-refractivity contribution >= 4 is 39.1 Å². The molecule has 0 radical (unpaired) electrons. The van der Waals surface area contributed by atoms with Gasteiger partial charge in [0.15, 0.2) is 0 Å². The van der Waals surface area contributed by atoms with E-state index >= 15 is 0 Å². The van der Waals surface area contributed by atoms with Crippen molar-refractivity contribution in [3.8, 4) is 0 Å². The van der Waals surface area contributed by atoms with Gasteiger partial charge in [0.25, 0.3) is 0 Å². The number of primary amides is 2. The first kappa shape index (κ1) is 17.2. The monoisotopic (exact) mass is 334 g/mol. The first-order chi connectivity index (χ1) is 9.55. The summed E-state index contributed by atoms with van der Waals surface area (Å²) in [7, 11) is -4.24. The summed E-state index contributed by atoms with van der Waals surface area (Å²) in [6.07, 6.45) is 0. The maximum atomic E-state index is 12.5. The quantitative estimate of drug-likeness (QED) is 0.581. The number of anilines is 1. The van der Waals surface area contributed by atoms with Crippen molar-refractivity contribution in [1.29, 1.82) is 0 Å². The SMILES string of the molecule is Cc1cc(Cl)c(S(=O)(=O)N(CC(N)=O)CC(N)=O)cc1N. The molecule has 1 rings (SSSR count). The summed E-state index contributed by atoms with van der Waals surface area (Å²) in [6.45, 7) is 0.257. The lowest BCUT2D eigenvalue weighted by Crippen LogP contribution is -2.43. The summed E-state index contributed by atoms with van der Waals surface area (Å²) < 4.78 is 25.5. The number of aryl methyl sites for hydroxylation is 1. The van der Waals surface area contributed by atoms with E-state index in [-0.39, 0.29) is 15.6 Å². The lowest BCUT2D eigenvalue weighted by atomic mass is 10.2. The standard InChI is InChI=1S/C11H15ClN4O4S/c1-6-2-7(12)9(3-8(6)13)21(19,20)16(4-10(14)17)5-11(15)18/h2-3H,4-5,13H2,1H3,(H2,14,17)(H2,15,18). The number of nitrogen functional groups attached to an aromatic ring is 1. The van der Waals surface area contributed by atoms with Crippen molar-refractivity contribution in [1.82, 2.24) is 4.31 Å². The molecule has 0 unspecified atom stereocenters. The third kappa shape index (κ3) is 4.06. The van der Waals surface area contributed by atoms with E-state index in [1.807, 2.05) is 0 Å². The van der Waals surface area contributed by atoms with Crippen LogP contribution in [0.4, 0.5) is 5.69 Å². The van der Waals surface area contributed by atoms with Gasteiger partial charge in [-0.2, -0.15) is 4.31 Å². The first-order valence-corrected chi connectivity index (χ1v) is 7.50. The molecule has 8 nitrogen and oxygen atoms in total. The molecular formula is C11H15ClN4O4S. The van der Waals surface area contributed by atoms with E-state index < -0.39 is 34.9 Å². The number of carbonyl (C=O) groups excluding carboxylic acids is 2. The first-order valence-electron chi connectivity index (χ1n) is 5.68. The Morgan fingerprint density at radius 2 is 1.67 bits per heavy atom. The van der Waals surface area contributed by atoms with Gasteiger partial charge >= 0.3 is 0 Å². The van der Waals surface area contributed by atoms with Gasteiger partial charge in [-0.05, 0) is 24.6 Å². The fraction of sp³-hybridized carbons (Fsp3) is 0.273. The second-order valence-corrected chi connectivity index (χ2v) is 6.66. The number of nitrogens with two attached hydrogens (primary N) is 3. The topological polar surface area (TPSA) is 150 Å². The Labute approximate surface area is 126 Å². The fourth-order valence-electron chi connectivity index (χ4n) is 1.58. The summed E-state index contributed by atoms with van der Waals surface area (Å²) in [5.74, 6) is -1.87. The molecule has 6 N–H and O–H groups in total. The molecule has 0 atom stereocenters. The molecule has 0 aliphatic heterocycles.